The van der Waals surface area contributed by atoms with Crippen LogP contribution in [0.25, 0.3) is 0 Å². The summed E-state index contributed by atoms with van der Waals surface area (Å²) in [5, 5.41) is -0.0181. The number of ether oxygens (including phenoxy) is 1. The second-order valence-electron chi connectivity index (χ2n) is 8.36. The highest BCUT2D eigenvalue weighted by molar-refractivity contribution is 7.90. The van der Waals surface area contributed by atoms with Gasteiger partial charge in [0.2, 0.25) is 15.0 Å². The van der Waals surface area contributed by atoms with Crippen LogP contribution in [0.2, 0.25) is 0 Å². The van der Waals surface area contributed by atoms with Crippen LogP contribution in [0.1, 0.15) is 34.5 Å². The van der Waals surface area contributed by atoms with Crippen LogP contribution in [0, 0.1) is 0 Å². The Morgan fingerprint density at radius 2 is 1.85 bits per heavy atom. The second-order valence-corrected chi connectivity index (χ2v) is 10.2. The summed E-state index contributed by atoms with van der Waals surface area (Å²) in [5.41, 5.74) is 1.90. The van der Waals surface area contributed by atoms with Gasteiger partial charge in [0.1, 0.15) is 0 Å². The number of imidazole rings is 1. The third kappa shape index (κ3) is 5.63. The molecule has 1 amide bonds. The molecule has 0 radical (unpaired) electrons. The highest BCUT2D eigenvalue weighted by Gasteiger charge is 2.27. The first kappa shape index (κ1) is 23.9. The normalized spacial score (nSPS) is 15.8. The molecule has 178 valence electrons. The fourth-order valence-corrected chi connectivity index (χ4v) is 5.66. The molecule has 1 saturated heterocycles. The summed E-state index contributed by atoms with van der Waals surface area (Å²) in [7, 11) is -3.70. The molecule has 3 aromatic rings. The second kappa shape index (κ2) is 10.8. The Morgan fingerprint density at radius 3 is 2.50 bits per heavy atom. The van der Waals surface area contributed by atoms with E-state index in [1.807, 2.05) is 36.4 Å². The maximum atomic E-state index is 13.4. The van der Waals surface area contributed by atoms with Gasteiger partial charge < -0.3 is 14.2 Å². The number of nitrogens with zero attached hydrogens (tertiary/aromatic N) is 3. The molecular weight excluding hydrogens is 450 g/mol. The molecular formula is C26H29N3O4S. The summed E-state index contributed by atoms with van der Waals surface area (Å²) < 4.78 is 33.8. The van der Waals surface area contributed by atoms with Gasteiger partial charge in [-0.3, -0.25) is 4.79 Å². The number of rotatable bonds is 10. The minimum atomic E-state index is -3.70. The molecule has 2 heterocycles. The summed E-state index contributed by atoms with van der Waals surface area (Å²) in [6.45, 7) is 5.39. The standard InChI is InChI=1S/C26H29N3O4S/c1-2-15-29-23(17-27-26(29)34(31,32)20-21-10-5-3-6-11-21)18-28(19-24-14-9-16-33-24)25(30)22-12-7-4-8-13-22/h2-8,10-13,17,24H,1,9,14-16,18-20H2/t24-/m0/s1. The smallest absolute Gasteiger partial charge is 0.254 e. The van der Waals surface area contributed by atoms with Crippen LogP contribution in [-0.2, 0) is 33.4 Å². The van der Waals surface area contributed by atoms with Crippen LogP contribution in [0.3, 0.4) is 0 Å². The highest BCUT2D eigenvalue weighted by Crippen LogP contribution is 2.21. The van der Waals surface area contributed by atoms with E-state index < -0.39 is 9.84 Å². The highest BCUT2D eigenvalue weighted by atomic mass is 32.2. The molecule has 1 aromatic heterocycles. The van der Waals surface area contributed by atoms with Gasteiger partial charge in [0.05, 0.1) is 30.3 Å². The van der Waals surface area contributed by atoms with Gasteiger partial charge in [-0.2, -0.15) is 0 Å². The van der Waals surface area contributed by atoms with Crippen LogP contribution < -0.4 is 0 Å². The zero-order valence-corrected chi connectivity index (χ0v) is 19.9. The predicted molar refractivity (Wildman–Crippen MR) is 130 cm³/mol. The van der Waals surface area contributed by atoms with Gasteiger partial charge in [-0.05, 0) is 30.5 Å². The minimum Gasteiger partial charge on any atom is -0.376 e. The minimum absolute atomic E-state index is 0.0181. The lowest BCUT2D eigenvalue weighted by molar-refractivity contribution is 0.0502. The van der Waals surface area contributed by atoms with Crippen molar-refractivity contribution in [3.63, 3.8) is 0 Å². The van der Waals surface area contributed by atoms with E-state index in [9.17, 15) is 13.2 Å². The van der Waals surface area contributed by atoms with Crippen molar-refractivity contribution in [1.29, 1.82) is 0 Å². The maximum Gasteiger partial charge on any atom is 0.254 e. The number of hydrogen-bond acceptors (Lipinski definition) is 5. The Bertz CT molecular complexity index is 1220. The molecule has 0 spiro atoms. The number of benzene rings is 2. The average molecular weight is 480 g/mol. The van der Waals surface area contributed by atoms with Gasteiger partial charge in [0, 0.05) is 25.3 Å². The number of carbonyl (C=O) groups is 1. The lowest BCUT2D eigenvalue weighted by atomic mass is 10.1. The summed E-state index contributed by atoms with van der Waals surface area (Å²) in [6, 6.07) is 18.1. The van der Waals surface area contributed by atoms with Crippen molar-refractivity contribution in [1.82, 2.24) is 14.5 Å². The van der Waals surface area contributed by atoms with Crippen molar-refractivity contribution in [2.75, 3.05) is 13.2 Å². The van der Waals surface area contributed by atoms with Gasteiger partial charge in [-0.25, -0.2) is 13.4 Å². The number of aromatic nitrogens is 2. The molecule has 4 rings (SSSR count). The first-order valence-electron chi connectivity index (χ1n) is 11.4. The Hall–Kier alpha value is -3.23. The molecule has 1 aliphatic heterocycles. The molecule has 1 atom stereocenters. The third-order valence-corrected chi connectivity index (χ3v) is 7.40. The van der Waals surface area contributed by atoms with Gasteiger partial charge in [-0.15, -0.1) is 6.58 Å². The largest absolute Gasteiger partial charge is 0.376 e. The van der Waals surface area contributed by atoms with E-state index in [1.165, 1.54) is 0 Å². The summed E-state index contributed by atoms with van der Waals surface area (Å²) in [6.07, 6.45) is 5.00. The van der Waals surface area contributed by atoms with E-state index in [2.05, 4.69) is 11.6 Å². The van der Waals surface area contributed by atoms with Crippen LogP contribution >= 0.6 is 0 Å². The number of amides is 1. The van der Waals surface area contributed by atoms with Crippen LogP contribution in [0.5, 0.6) is 0 Å². The first-order valence-corrected chi connectivity index (χ1v) is 13.0. The molecule has 0 N–H and O–H groups in total. The van der Waals surface area contributed by atoms with Gasteiger partial charge in [0.15, 0.2) is 0 Å². The molecule has 34 heavy (non-hydrogen) atoms. The zero-order valence-electron chi connectivity index (χ0n) is 19.0. The molecule has 2 aromatic carbocycles. The molecule has 1 fully saturated rings. The van der Waals surface area contributed by atoms with Gasteiger partial charge >= 0.3 is 0 Å². The fourth-order valence-electron chi connectivity index (χ4n) is 4.16. The molecule has 0 unspecified atom stereocenters. The van der Waals surface area contributed by atoms with Crippen LogP contribution in [0.15, 0.2) is 84.7 Å². The van der Waals surface area contributed by atoms with Crippen LogP contribution in [-0.4, -0.2) is 48.0 Å². The summed E-state index contributed by atoms with van der Waals surface area (Å²) in [5.74, 6) is -0.277. The first-order chi connectivity index (χ1) is 16.5. The zero-order chi connectivity index (χ0) is 24.0. The van der Waals surface area contributed by atoms with Crippen molar-refractivity contribution in [2.45, 2.75) is 42.9 Å². The van der Waals surface area contributed by atoms with Gasteiger partial charge in [0.25, 0.3) is 5.91 Å². The van der Waals surface area contributed by atoms with Crippen molar-refractivity contribution in [3.05, 3.63) is 96.3 Å². The molecule has 0 bridgehead atoms. The van der Waals surface area contributed by atoms with Crippen molar-refractivity contribution in [2.24, 2.45) is 0 Å². The predicted octanol–water partition coefficient (Wildman–Crippen LogP) is 3.86. The SMILES string of the molecule is C=CCn1c(CN(C[C@@H]2CCCO2)C(=O)c2ccccc2)cnc1S(=O)(=O)Cc1ccccc1. The van der Waals surface area contributed by atoms with E-state index >= 15 is 0 Å². The van der Waals surface area contributed by atoms with Crippen LogP contribution in [0.4, 0.5) is 0 Å². The lowest BCUT2D eigenvalue weighted by Crippen LogP contribution is -2.37. The molecule has 8 heteroatoms. The molecule has 0 aliphatic carbocycles. The quantitative estimate of drug-likeness (QED) is 0.413. The third-order valence-electron chi connectivity index (χ3n) is 5.80. The number of sulfone groups is 1. The Balaban J connectivity index is 1.63. The van der Waals surface area contributed by atoms with Crippen molar-refractivity contribution >= 4 is 15.7 Å². The van der Waals surface area contributed by atoms with E-state index in [1.54, 1.807) is 46.0 Å². The van der Waals surface area contributed by atoms with E-state index in [0.29, 0.717) is 30.0 Å². The molecule has 0 saturated carbocycles. The fraction of sp³-hybridized carbons (Fsp3) is 0.308. The number of hydrogen-bond donors (Lipinski definition) is 0. The van der Waals surface area contributed by atoms with E-state index in [4.69, 9.17) is 4.74 Å². The van der Waals surface area contributed by atoms with E-state index in [0.717, 1.165) is 12.8 Å². The molecule has 1 aliphatic rings. The Labute approximate surface area is 200 Å². The summed E-state index contributed by atoms with van der Waals surface area (Å²) in [4.78, 5) is 19.3. The number of carbonyl (C=O) groups excluding carboxylic acids is 1. The Kier molecular flexibility index (Phi) is 7.59. The van der Waals surface area contributed by atoms with Crippen molar-refractivity contribution in [3.8, 4) is 0 Å². The maximum absolute atomic E-state index is 13.4. The van der Waals surface area contributed by atoms with Crippen molar-refractivity contribution < 1.29 is 17.9 Å². The Morgan fingerprint density at radius 1 is 1.15 bits per heavy atom. The lowest BCUT2D eigenvalue weighted by Gasteiger charge is -2.26. The number of allylic oxidation sites excluding steroid dienone is 1. The topological polar surface area (TPSA) is 81.5 Å². The summed E-state index contributed by atoms with van der Waals surface area (Å²) >= 11 is 0. The molecule has 7 nitrogen and oxygen atoms in total. The monoisotopic (exact) mass is 479 g/mol. The average Bonchev–Trinajstić information content (AvgIpc) is 3.50. The van der Waals surface area contributed by atoms with Gasteiger partial charge in [-0.1, -0.05) is 54.6 Å². The van der Waals surface area contributed by atoms with E-state index in [-0.39, 0.29) is 36.0 Å².